The number of hydrogen-bond acceptors (Lipinski definition) is 9. The van der Waals surface area contributed by atoms with Crippen LogP contribution in [0.15, 0.2) is 54.7 Å². The number of esters is 2. The molecule has 3 aromatic rings. The SMILES string of the molecule is COC(=O)c1c(N)c(C#N)cn1-c1cccc(C(=O)OCC(=O)c2cccc([N+](=O)[O-])c2)c1. The zero-order valence-corrected chi connectivity index (χ0v) is 17.2. The molecular formula is C22H16N4O7. The number of nitriles is 1. The highest BCUT2D eigenvalue weighted by Crippen LogP contribution is 2.25. The number of nitrogen functional groups attached to an aromatic ring is 1. The van der Waals surface area contributed by atoms with Gasteiger partial charge in [0.15, 0.2) is 12.3 Å². The molecule has 1 aromatic heterocycles. The van der Waals surface area contributed by atoms with Crippen LogP contribution in [-0.2, 0) is 9.47 Å². The van der Waals surface area contributed by atoms with Crippen molar-refractivity contribution in [1.29, 1.82) is 5.26 Å². The number of Topliss-reactive ketones (excluding diaryl/α,β-unsaturated/α-hetero) is 1. The molecule has 0 radical (unpaired) electrons. The predicted molar refractivity (Wildman–Crippen MR) is 114 cm³/mol. The van der Waals surface area contributed by atoms with E-state index < -0.39 is 29.3 Å². The minimum Gasteiger partial charge on any atom is -0.464 e. The molecule has 0 spiro atoms. The number of benzene rings is 2. The lowest BCUT2D eigenvalue weighted by atomic mass is 10.1. The molecule has 0 amide bonds. The Balaban J connectivity index is 1.82. The van der Waals surface area contributed by atoms with E-state index in [0.717, 1.165) is 13.2 Å². The molecule has 0 fully saturated rings. The zero-order valence-electron chi connectivity index (χ0n) is 17.2. The highest BCUT2D eigenvalue weighted by molar-refractivity contribution is 6.00. The van der Waals surface area contributed by atoms with Gasteiger partial charge in [-0.2, -0.15) is 5.26 Å². The Morgan fingerprint density at radius 3 is 2.48 bits per heavy atom. The highest BCUT2D eigenvalue weighted by atomic mass is 16.6. The topological polar surface area (TPSA) is 168 Å². The number of hydrogen-bond donors (Lipinski definition) is 1. The maximum atomic E-state index is 12.5. The Morgan fingerprint density at radius 2 is 1.82 bits per heavy atom. The van der Waals surface area contributed by atoms with Crippen molar-refractivity contribution in [2.45, 2.75) is 0 Å². The molecule has 166 valence electrons. The van der Waals surface area contributed by atoms with Crippen molar-refractivity contribution in [3.8, 4) is 11.8 Å². The fourth-order valence-electron chi connectivity index (χ4n) is 2.99. The Labute approximate surface area is 186 Å². The largest absolute Gasteiger partial charge is 0.464 e. The van der Waals surface area contributed by atoms with Gasteiger partial charge in [0, 0.05) is 29.6 Å². The smallest absolute Gasteiger partial charge is 0.357 e. The lowest BCUT2D eigenvalue weighted by Crippen LogP contribution is -2.15. The number of aromatic nitrogens is 1. The third-order valence-corrected chi connectivity index (χ3v) is 4.62. The fourth-order valence-corrected chi connectivity index (χ4v) is 2.99. The number of nitro benzene ring substituents is 1. The number of nitrogens with two attached hydrogens (primary N) is 1. The zero-order chi connectivity index (χ0) is 24.1. The molecule has 11 heteroatoms. The third kappa shape index (κ3) is 4.70. The summed E-state index contributed by atoms with van der Waals surface area (Å²) < 4.78 is 11.1. The summed E-state index contributed by atoms with van der Waals surface area (Å²) in [6.45, 7) is -0.632. The Hall–Kier alpha value is -4.98. The van der Waals surface area contributed by atoms with E-state index in [1.54, 1.807) is 6.07 Å². The highest BCUT2D eigenvalue weighted by Gasteiger charge is 2.22. The van der Waals surface area contributed by atoms with E-state index in [2.05, 4.69) is 0 Å². The third-order valence-electron chi connectivity index (χ3n) is 4.62. The number of methoxy groups -OCH3 is 1. The molecule has 11 nitrogen and oxygen atoms in total. The summed E-state index contributed by atoms with van der Waals surface area (Å²) in [5.41, 5.74) is 5.92. The average Bonchev–Trinajstić information content (AvgIpc) is 3.18. The second kappa shape index (κ2) is 9.44. The summed E-state index contributed by atoms with van der Waals surface area (Å²) in [4.78, 5) is 47.1. The first-order chi connectivity index (χ1) is 15.8. The van der Waals surface area contributed by atoms with Crippen LogP contribution in [0.3, 0.4) is 0 Å². The number of carbonyl (C=O) groups is 3. The summed E-state index contributed by atoms with van der Waals surface area (Å²) >= 11 is 0. The van der Waals surface area contributed by atoms with E-state index in [0.29, 0.717) is 5.69 Å². The summed E-state index contributed by atoms with van der Waals surface area (Å²) in [6, 6.07) is 12.8. The number of ketones is 1. The van der Waals surface area contributed by atoms with Gasteiger partial charge >= 0.3 is 11.9 Å². The summed E-state index contributed by atoms with van der Waals surface area (Å²) in [7, 11) is 1.16. The lowest BCUT2D eigenvalue weighted by Gasteiger charge is -2.10. The van der Waals surface area contributed by atoms with E-state index in [-0.39, 0.29) is 33.8 Å². The molecule has 2 aromatic carbocycles. The van der Waals surface area contributed by atoms with Crippen molar-refractivity contribution in [3.05, 3.63) is 87.2 Å². The van der Waals surface area contributed by atoms with E-state index in [1.807, 2.05) is 6.07 Å². The van der Waals surface area contributed by atoms with Crippen LogP contribution < -0.4 is 5.73 Å². The van der Waals surface area contributed by atoms with Crippen LogP contribution in [0.2, 0.25) is 0 Å². The van der Waals surface area contributed by atoms with E-state index in [4.69, 9.17) is 15.2 Å². The van der Waals surface area contributed by atoms with Crippen molar-refractivity contribution in [1.82, 2.24) is 4.57 Å². The van der Waals surface area contributed by atoms with Gasteiger partial charge in [0.1, 0.15) is 6.07 Å². The second-order valence-corrected chi connectivity index (χ2v) is 6.64. The first kappa shape index (κ1) is 22.7. The Bertz CT molecular complexity index is 1320. The van der Waals surface area contributed by atoms with E-state index in [9.17, 15) is 29.8 Å². The summed E-state index contributed by atoms with van der Waals surface area (Å²) in [6.07, 6.45) is 1.33. The lowest BCUT2D eigenvalue weighted by molar-refractivity contribution is -0.384. The van der Waals surface area contributed by atoms with Crippen LogP contribution in [0.4, 0.5) is 11.4 Å². The van der Waals surface area contributed by atoms with Crippen molar-refractivity contribution in [3.63, 3.8) is 0 Å². The number of nitro groups is 1. The molecule has 3 rings (SSSR count). The first-order valence-corrected chi connectivity index (χ1v) is 9.31. The second-order valence-electron chi connectivity index (χ2n) is 6.64. The van der Waals surface area contributed by atoms with Crippen LogP contribution in [-0.4, -0.2) is 40.9 Å². The van der Waals surface area contributed by atoms with Gasteiger partial charge < -0.3 is 19.8 Å². The number of ether oxygens (including phenoxy) is 2. The molecule has 0 unspecified atom stereocenters. The molecular weight excluding hydrogens is 432 g/mol. The van der Waals surface area contributed by atoms with Crippen LogP contribution >= 0.6 is 0 Å². The standard InChI is InChI=1S/C22H16N4O7/c1-32-22(29)20-19(24)15(10-23)11-25(20)16-6-3-5-14(9-16)21(28)33-12-18(27)13-4-2-7-17(8-13)26(30)31/h2-9,11H,12,24H2,1H3. The molecule has 0 aliphatic heterocycles. The molecule has 1 heterocycles. The normalized spacial score (nSPS) is 10.2. The van der Waals surface area contributed by atoms with Crippen molar-refractivity contribution in [2.75, 3.05) is 19.5 Å². The first-order valence-electron chi connectivity index (χ1n) is 9.31. The monoisotopic (exact) mass is 448 g/mol. The molecule has 0 saturated heterocycles. The van der Waals surface area contributed by atoms with Gasteiger partial charge in [-0.1, -0.05) is 18.2 Å². The number of rotatable bonds is 7. The summed E-state index contributed by atoms with van der Waals surface area (Å²) in [5, 5.41) is 20.1. The number of carbonyl (C=O) groups excluding carboxylic acids is 3. The number of non-ortho nitro benzene ring substituents is 1. The molecule has 0 saturated carbocycles. The molecule has 0 bridgehead atoms. The maximum absolute atomic E-state index is 12.5. The van der Waals surface area contributed by atoms with Crippen LogP contribution in [0.5, 0.6) is 0 Å². The van der Waals surface area contributed by atoms with Crippen molar-refractivity contribution < 1.29 is 28.8 Å². The van der Waals surface area contributed by atoms with Gasteiger partial charge in [-0.25, -0.2) is 9.59 Å². The van der Waals surface area contributed by atoms with E-state index >= 15 is 0 Å². The molecule has 0 aliphatic carbocycles. The minimum absolute atomic E-state index is 0.0281. The average molecular weight is 448 g/mol. The van der Waals surface area contributed by atoms with E-state index in [1.165, 1.54) is 47.2 Å². The molecule has 2 N–H and O–H groups in total. The van der Waals surface area contributed by atoms with Crippen LogP contribution in [0.25, 0.3) is 5.69 Å². The number of nitrogens with zero attached hydrogens (tertiary/aromatic N) is 3. The van der Waals surface area contributed by atoms with Gasteiger partial charge in [0.25, 0.3) is 5.69 Å². The van der Waals surface area contributed by atoms with Crippen molar-refractivity contribution >= 4 is 29.1 Å². The van der Waals surface area contributed by atoms with Gasteiger partial charge in [-0.05, 0) is 18.2 Å². The van der Waals surface area contributed by atoms with Crippen LogP contribution in [0.1, 0.15) is 36.8 Å². The van der Waals surface area contributed by atoms with Crippen molar-refractivity contribution in [2.24, 2.45) is 0 Å². The fraction of sp³-hybridized carbons (Fsp3) is 0.0909. The maximum Gasteiger partial charge on any atom is 0.357 e. The molecule has 0 aliphatic rings. The molecule has 33 heavy (non-hydrogen) atoms. The minimum atomic E-state index is -0.837. The van der Waals surface area contributed by atoms with Crippen LogP contribution in [0, 0.1) is 21.4 Å². The van der Waals surface area contributed by atoms with Gasteiger partial charge in [0.2, 0.25) is 5.78 Å². The number of anilines is 1. The van der Waals surface area contributed by atoms with Gasteiger partial charge in [-0.15, -0.1) is 0 Å². The quantitative estimate of drug-likeness (QED) is 0.247. The van der Waals surface area contributed by atoms with Gasteiger partial charge in [0.05, 0.1) is 28.8 Å². The summed E-state index contributed by atoms with van der Waals surface area (Å²) in [5.74, 6) is -2.23. The Morgan fingerprint density at radius 1 is 1.12 bits per heavy atom. The van der Waals surface area contributed by atoms with Gasteiger partial charge in [-0.3, -0.25) is 14.9 Å². The predicted octanol–water partition coefficient (Wildman–Crippen LogP) is 2.67. The Kier molecular flexibility index (Phi) is 6.49. The molecule has 0 atom stereocenters.